The Balaban J connectivity index is 1.95. The molecular weight excluding hydrogens is 260 g/mol. The summed E-state index contributed by atoms with van der Waals surface area (Å²) in [6.45, 7) is 0. The predicted octanol–water partition coefficient (Wildman–Crippen LogP) is 4.44. The maximum absolute atomic E-state index is 12.1. The van der Waals surface area contributed by atoms with Crippen molar-refractivity contribution < 1.29 is 9.90 Å². The Kier molecular flexibility index (Phi) is 3.52. The lowest BCUT2D eigenvalue weighted by molar-refractivity contribution is 0.104. The lowest BCUT2D eigenvalue weighted by Gasteiger charge is -2.02. The summed E-state index contributed by atoms with van der Waals surface area (Å²) in [5.41, 5.74) is 1.30. The van der Waals surface area contributed by atoms with Crippen molar-refractivity contribution in [2.45, 2.75) is 0 Å². The molecule has 0 saturated carbocycles. The van der Waals surface area contributed by atoms with Crippen molar-refractivity contribution in [1.29, 1.82) is 0 Å². The average Bonchev–Trinajstić information content (AvgIpc) is 2.53. The zero-order valence-corrected chi connectivity index (χ0v) is 11.4. The molecule has 0 amide bonds. The first-order valence-corrected chi connectivity index (χ1v) is 6.74. The van der Waals surface area contributed by atoms with E-state index in [4.69, 9.17) is 0 Å². The number of carbonyl (C=O) groups excluding carboxylic acids is 1. The molecule has 0 saturated heterocycles. The van der Waals surface area contributed by atoms with Crippen LogP contribution in [0.4, 0.5) is 0 Å². The van der Waals surface area contributed by atoms with E-state index in [-0.39, 0.29) is 11.5 Å². The molecule has 0 fully saturated rings. The highest BCUT2D eigenvalue weighted by Crippen LogP contribution is 2.21. The Morgan fingerprint density at radius 3 is 2.43 bits per heavy atom. The molecule has 0 aliphatic carbocycles. The van der Waals surface area contributed by atoms with Crippen LogP contribution in [-0.4, -0.2) is 10.9 Å². The monoisotopic (exact) mass is 274 g/mol. The molecule has 2 heteroatoms. The minimum atomic E-state index is -0.207. The van der Waals surface area contributed by atoms with Crippen molar-refractivity contribution in [3.05, 3.63) is 83.9 Å². The van der Waals surface area contributed by atoms with Crippen LogP contribution >= 0.6 is 0 Å². The second-order valence-electron chi connectivity index (χ2n) is 4.78. The summed E-state index contributed by atoms with van der Waals surface area (Å²) in [5.74, 6) is -0.203. The summed E-state index contributed by atoms with van der Waals surface area (Å²) in [6.07, 6.45) is 3.29. The highest BCUT2D eigenvalue weighted by Gasteiger charge is 2.06. The number of allylic oxidation sites excluding steroid dienone is 1. The molecule has 0 bridgehead atoms. The molecule has 3 aromatic carbocycles. The number of ketones is 1. The summed E-state index contributed by atoms with van der Waals surface area (Å²) < 4.78 is 0. The Bertz CT molecular complexity index is 826. The van der Waals surface area contributed by atoms with Crippen LogP contribution in [-0.2, 0) is 0 Å². The Labute approximate surface area is 123 Å². The molecule has 1 N–H and O–H groups in total. The van der Waals surface area contributed by atoms with Gasteiger partial charge in [0.05, 0.1) is 5.56 Å². The van der Waals surface area contributed by atoms with E-state index in [0.717, 1.165) is 16.3 Å². The second-order valence-corrected chi connectivity index (χ2v) is 4.78. The van der Waals surface area contributed by atoms with Crippen LogP contribution in [0.15, 0.2) is 72.8 Å². The molecule has 0 aliphatic rings. The fourth-order valence-corrected chi connectivity index (χ4v) is 2.33. The van der Waals surface area contributed by atoms with E-state index in [0.29, 0.717) is 5.56 Å². The fourth-order valence-electron chi connectivity index (χ4n) is 2.33. The van der Waals surface area contributed by atoms with E-state index in [1.54, 1.807) is 24.3 Å². The van der Waals surface area contributed by atoms with Gasteiger partial charge in [0, 0.05) is 0 Å². The number of hydrogen-bond donors (Lipinski definition) is 1. The van der Waals surface area contributed by atoms with Crippen molar-refractivity contribution in [2.75, 3.05) is 0 Å². The number of carbonyl (C=O) groups is 1. The average molecular weight is 274 g/mol. The highest BCUT2D eigenvalue weighted by molar-refractivity contribution is 6.09. The summed E-state index contributed by atoms with van der Waals surface area (Å²) in [6, 6.07) is 20.6. The van der Waals surface area contributed by atoms with E-state index in [9.17, 15) is 9.90 Å². The molecule has 0 radical (unpaired) electrons. The van der Waals surface area contributed by atoms with Gasteiger partial charge in [-0.05, 0) is 34.5 Å². The van der Waals surface area contributed by atoms with Crippen LogP contribution in [0.5, 0.6) is 5.75 Å². The number of phenolic OH excluding ortho intramolecular Hbond substituents is 1. The van der Waals surface area contributed by atoms with Crippen LogP contribution in [0.1, 0.15) is 15.9 Å². The smallest absolute Gasteiger partial charge is 0.189 e. The lowest BCUT2D eigenvalue weighted by atomic mass is 10.0. The minimum absolute atomic E-state index is 0.00469. The van der Waals surface area contributed by atoms with Gasteiger partial charge < -0.3 is 5.11 Å². The van der Waals surface area contributed by atoms with Gasteiger partial charge in [0.15, 0.2) is 5.78 Å². The molecule has 3 rings (SSSR count). The second kappa shape index (κ2) is 5.63. The zero-order valence-electron chi connectivity index (χ0n) is 11.4. The van der Waals surface area contributed by atoms with Crippen LogP contribution in [0.3, 0.4) is 0 Å². The van der Waals surface area contributed by atoms with Crippen LogP contribution in [0.25, 0.3) is 16.8 Å². The maximum Gasteiger partial charge on any atom is 0.189 e. The van der Waals surface area contributed by atoms with Crippen molar-refractivity contribution in [1.82, 2.24) is 0 Å². The van der Waals surface area contributed by atoms with E-state index < -0.39 is 0 Å². The van der Waals surface area contributed by atoms with Gasteiger partial charge in [-0.25, -0.2) is 0 Å². The molecular formula is C19H14O2. The summed E-state index contributed by atoms with van der Waals surface area (Å²) in [7, 11) is 0. The summed E-state index contributed by atoms with van der Waals surface area (Å²) in [5, 5.41) is 11.9. The van der Waals surface area contributed by atoms with Crippen LogP contribution in [0, 0.1) is 0 Å². The maximum atomic E-state index is 12.1. The van der Waals surface area contributed by atoms with E-state index in [1.165, 1.54) is 12.1 Å². The molecule has 0 aromatic heterocycles. The first-order valence-electron chi connectivity index (χ1n) is 6.74. The standard InChI is InChI=1S/C19H14O2/c20-18-11-4-3-10-17(18)19(21)13-12-15-8-5-7-14-6-1-2-9-16(14)15/h1-13,20H. The lowest BCUT2D eigenvalue weighted by Crippen LogP contribution is -1.94. The first-order chi connectivity index (χ1) is 10.3. The van der Waals surface area contributed by atoms with E-state index >= 15 is 0 Å². The Morgan fingerprint density at radius 1 is 0.857 bits per heavy atom. The molecule has 0 heterocycles. The molecule has 3 aromatic rings. The number of aromatic hydroxyl groups is 1. The fraction of sp³-hybridized carbons (Fsp3) is 0. The van der Waals surface area contributed by atoms with Gasteiger partial charge in [-0.1, -0.05) is 60.7 Å². The van der Waals surface area contributed by atoms with Gasteiger partial charge in [0.2, 0.25) is 0 Å². The molecule has 21 heavy (non-hydrogen) atoms. The van der Waals surface area contributed by atoms with E-state index in [1.807, 2.05) is 42.5 Å². The number of fused-ring (bicyclic) bond motifs is 1. The third kappa shape index (κ3) is 2.70. The molecule has 0 unspecified atom stereocenters. The molecule has 0 atom stereocenters. The number of hydrogen-bond acceptors (Lipinski definition) is 2. The topological polar surface area (TPSA) is 37.3 Å². The van der Waals surface area contributed by atoms with Crippen molar-refractivity contribution in [3.63, 3.8) is 0 Å². The van der Waals surface area contributed by atoms with Crippen LogP contribution in [0.2, 0.25) is 0 Å². The number of para-hydroxylation sites is 1. The summed E-state index contributed by atoms with van der Waals surface area (Å²) in [4.78, 5) is 12.1. The largest absolute Gasteiger partial charge is 0.507 e. The highest BCUT2D eigenvalue weighted by atomic mass is 16.3. The van der Waals surface area contributed by atoms with Crippen molar-refractivity contribution in [3.8, 4) is 5.75 Å². The minimum Gasteiger partial charge on any atom is -0.507 e. The van der Waals surface area contributed by atoms with E-state index in [2.05, 4.69) is 0 Å². The Morgan fingerprint density at radius 2 is 1.57 bits per heavy atom. The summed E-state index contributed by atoms with van der Waals surface area (Å²) >= 11 is 0. The first kappa shape index (κ1) is 13.1. The van der Waals surface area contributed by atoms with Gasteiger partial charge in [-0.2, -0.15) is 0 Å². The predicted molar refractivity (Wildman–Crippen MR) is 85.4 cm³/mol. The quantitative estimate of drug-likeness (QED) is 0.566. The third-order valence-corrected chi connectivity index (χ3v) is 3.41. The SMILES string of the molecule is O=C(C=Cc1cccc2ccccc12)c1ccccc1O. The van der Waals surface area contributed by atoms with Gasteiger partial charge >= 0.3 is 0 Å². The van der Waals surface area contributed by atoms with Crippen LogP contribution < -0.4 is 0 Å². The normalized spacial score (nSPS) is 11.0. The van der Waals surface area contributed by atoms with Gasteiger partial charge in [0.1, 0.15) is 5.75 Å². The number of benzene rings is 3. The van der Waals surface area contributed by atoms with Gasteiger partial charge in [-0.3, -0.25) is 4.79 Å². The molecule has 2 nitrogen and oxygen atoms in total. The van der Waals surface area contributed by atoms with Crippen molar-refractivity contribution >= 4 is 22.6 Å². The Hall–Kier alpha value is -2.87. The van der Waals surface area contributed by atoms with Gasteiger partial charge in [-0.15, -0.1) is 0 Å². The zero-order chi connectivity index (χ0) is 14.7. The van der Waals surface area contributed by atoms with Gasteiger partial charge in [0.25, 0.3) is 0 Å². The molecule has 102 valence electrons. The number of phenols is 1. The number of rotatable bonds is 3. The third-order valence-electron chi connectivity index (χ3n) is 3.41. The molecule has 0 aliphatic heterocycles. The van der Waals surface area contributed by atoms with Crippen molar-refractivity contribution in [2.24, 2.45) is 0 Å². The molecule has 0 spiro atoms.